The molecule has 0 saturated carbocycles. The van der Waals surface area contributed by atoms with Crippen LogP contribution in [0.2, 0.25) is 0 Å². The van der Waals surface area contributed by atoms with Gasteiger partial charge in [-0.3, -0.25) is 4.79 Å². The summed E-state index contributed by atoms with van der Waals surface area (Å²) < 4.78 is 10.6. The molecule has 0 aromatic heterocycles. The Morgan fingerprint density at radius 2 is 1.97 bits per heavy atom. The van der Waals surface area contributed by atoms with Crippen molar-refractivity contribution in [3.8, 4) is 5.75 Å². The van der Waals surface area contributed by atoms with Crippen molar-refractivity contribution >= 4 is 35.4 Å². The van der Waals surface area contributed by atoms with Gasteiger partial charge >= 0.3 is 5.97 Å². The number of anilines is 1. The van der Waals surface area contributed by atoms with E-state index in [1.165, 1.54) is 6.08 Å². The number of hydrogen-bond acceptors (Lipinski definition) is 5. The van der Waals surface area contributed by atoms with Crippen LogP contribution in [0.4, 0.5) is 5.69 Å². The number of thioether (sulfide) groups is 1. The molecule has 0 fully saturated rings. The average molecular weight is 424 g/mol. The number of rotatable bonds is 7. The van der Waals surface area contributed by atoms with Gasteiger partial charge in [0.2, 0.25) is 0 Å². The molecule has 156 valence electrons. The first kappa shape index (κ1) is 21.7. The van der Waals surface area contributed by atoms with E-state index in [1.54, 1.807) is 28.8 Å². The predicted molar refractivity (Wildman–Crippen MR) is 121 cm³/mol. The minimum atomic E-state index is -0.554. The Kier molecular flexibility index (Phi) is 7.74. The van der Waals surface area contributed by atoms with Crippen molar-refractivity contribution in [2.24, 2.45) is 0 Å². The smallest absolute Gasteiger partial charge is 0.331 e. The molecule has 0 spiro atoms. The van der Waals surface area contributed by atoms with Crippen molar-refractivity contribution in [1.82, 2.24) is 0 Å². The number of amides is 1. The van der Waals surface area contributed by atoms with Crippen LogP contribution in [-0.2, 0) is 14.3 Å². The minimum absolute atomic E-state index is 0.220. The number of esters is 1. The van der Waals surface area contributed by atoms with Crippen LogP contribution in [0.5, 0.6) is 5.75 Å². The van der Waals surface area contributed by atoms with Gasteiger partial charge in [-0.15, -0.1) is 11.8 Å². The van der Waals surface area contributed by atoms with E-state index in [0.717, 1.165) is 28.3 Å². The summed E-state index contributed by atoms with van der Waals surface area (Å²) in [5.74, 6) is -0.0470. The molecule has 2 aromatic carbocycles. The van der Waals surface area contributed by atoms with Crippen molar-refractivity contribution in [3.63, 3.8) is 0 Å². The highest BCUT2D eigenvalue weighted by atomic mass is 32.2. The van der Waals surface area contributed by atoms with Gasteiger partial charge in [0, 0.05) is 22.8 Å². The zero-order valence-corrected chi connectivity index (χ0v) is 17.8. The number of nitrogens with zero attached hydrogens (tertiary/aromatic N) is 1. The van der Waals surface area contributed by atoms with E-state index in [4.69, 9.17) is 9.47 Å². The first-order chi connectivity index (χ1) is 14.6. The molecule has 0 aliphatic carbocycles. The monoisotopic (exact) mass is 423 g/mol. The maximum Gasteiger partial charge on any atom is 0.331 e. The van der Waals surface area contributed by atoms with Crippen LogP contribution in [0.3, 0.4) is 0 Å². The van der Waals surface area contributed by atoms with Gasteiger partial charge in [-0.25, -0.2) is 4.79 Å². The Bertz CT molecular complexity index is 923. The van der Waals surface area contributed by atoms with Gasteiger partial charge < -0.3 is 14.4 Å². The van der Waals surface area contributed by atoms with E-state index < -0.39 is 5.97 Å². The normalized spacial score (nSPS) is 15.9. The van der Waals surface area contributed by atoms with Gasteiger partial charge in [0.1, 0.15) is 12.4 Å². The zero-order chi connectivity index (χ0) is 21.3. The third kappa shape index (κ3) is 6.00. The lowest BCUT2D eigenvalue weighted by Crippen LogP contribution is -2.35. The van der Waals surface area contributed by atoms with E-state index >= 15 is 0 Å². The second kappa shape index (κ2) is 10.7. The summed E-state index contributed by atoms with van der Waals surface area (Å²) in [6.45, 7) is 6.52. The summed E-state index contributed by atoms with van der Waals surface area (Å²) in [5.41, 5.74) is 1.71. The van der Waals surface area contributed by atoms with Crippen molar-refractivity contribution in [2.75, 3.05) is 24.7 Å². The third-order valence-corrected chi connectivity index (χ3v) is 5.78. The first-order valence-electron chi connectivity index (χ1n) is 9.81. The lowest BCUT2D eigenvalue weighted by molar-refractivity contribution is -0.142. The summed E-state index contributed by atoms with van der Waals surface area (Å²) in [6.07, 6.45) is 5.52. The first-order valence-corrected chi connectivity index (χ1v) is 10.7. The van der Waals surface area contributed by atoms with Crippen molar-refractivity contribution in [2.45, 2.75) is 23.5 Å². The Morgan fingerprint density at radius 3 is 2.73 bits per heavy atom. The van der Waals surface area contributed by atoms with Crippen molar-refractivity contribution in [3.05, 3.63) is 72.8 Å². The molecule has 0 radical (unpaired) electrons. The van der Waals surface area contributed by atoms with E-state index in [0.29, 0.717) is 18.4 Å². The van der Waals surface area contributed by atoms with E-state index in [2.05, 4.69) is 13.5 Å². The average Bonchev–Trinajstić information content (AvgIpc) is 2.93. The SMILES string of the molecule is C=CCOc1ccc(/C=C/C(=O)OCC(=O)N2CC[C@@H](C)Sc3ccccc32)cc1. The summed E-state index contributed by atoms with van der Waals surface area (Å²) in [6, 6.07) is 15.1. The maximum atomic E-state index is 12.7. The summed E-state index contributed by atoms with van der Waals surface area (Å²) in [4.78, 5) is 27.6. The van der Waals surface area contributed by atoms with Crippen molar-refractivity contribution in [1.29, 1.82) is 0 Å². The zero-order valence-electron chi connectivity index (χ0n) is 17.0. The fourth-order valence-electron chi connectivity index (χ4n) is 3.00. The second-order valence-corrected chi connectivity index (χ2v) is 8.32. The second-order valence-electron chi connectivity index (χ2n) is 6.84. The van der Waals surface area contributed by atoms with Crippen LogP contribution in [0.1, 0.15) is 18.9 Å². The topological polar surface area (TPSA) is 55.8 Å². The number of para-hydroxylation sites is 1. The van der Waals surface area contributed by atoms with Gasteiger partial charge in [-0.2, -0.15) is 0 Å². The highest BCUT2D eigenvalue weighted by molar-refractivity contribution is 8.00. The third-order valence-electron chi connectivity index (χ3n) is 4.54. The summed E-state index contributed by atoms with van der Waals surface area (Å²) >= 11 is 1.76. The molecule has 1 amide bonds. The molecular formula is C24H25NO4S. The fraction of sp³-hybridized carbons (Fsp3) is 0.250. The molecule has 1 atom stereocenters. The van der Waals surface area contributed by atoms with Crippen LogP contribution in [0, 0.1) is 0 Å². The lowest BCUT2D eigenvalue weighted by Gasteiger charge is -2.22. The molecule has 6 heteroatoms. The molecule has 1 aliphatic rings. The molecule has 30 heavy (non-hydrogen) atoms. The molecule has 1 heterocycles. The Morgan fingerprint density at radius 1 is 1.20 bits per heavy atom. The van der Waals surface area contributed by atoms with Crippen LogP contribution < -0.4 is 9.64 Å². The van der Waals surface area contributed by atoms with Crippen LogP contribution in [0.25, 0.3) is 6.08 Å². The Balaban J connectivity index is 1.55. The van der Waals surface area contributed by atoms with Gasteiger partial charge in [0.15, 0.2) is 6.61 Å². The number of ether oxygens (including phenoxy) is 2. The standard InChI is InChI=1S/C24H25NO4S/c1-3-16-28-20-11-8-19(9-12-20)10-13-24(27)29-17-23(26)25-15-14-18(2)30-22-7-5-4-6-21(22)25/h3-13,18H,1,14-17H2,2H3/b13-10+/t18-/m1/s1. The van der Waals surface area contributed by atoms with Gasteiger partial charge in [0.25, 0.3) is 5.91 Å². The summed E-state index contributed by atoms with van der Waals surface area (Å²) in [7, 11) is 0. The van der Waals surface area contributed by atoms with Gasteiger partial charge in [0.05, 0.1) is 5.69 Å². The van der Waals surface area contributed by atoms with Crippen molar-refractivity contribution < 1.29 is 19.1 Å². The molecule has 5 nitrogen and oxygen atoms in total. The molecule has 0 N–H and O–H groups in total. The predicted octanol–water partition coefficient (Wildman–Crippen LogP) is 4.73. The van der Waals surface area contributed by atoms with Gasteiger partial charge in [-0.1, -0.05) is 43.8 Å². The van der Waals surface area contributed by atoms with E-state index in [9.17, 15) is 9.59 Å². The molecule has 0 saturated heterocycles. The van der Waals surface area contributed by atoms with E-state index in [1.807, 2.05) is 48.5 Å². The van der Waals surface area contributed by atoms with Crippen LogP contribution in [0.15, 0.2) is 72.2 Å². The van der Waals surface area contributed by atoms with Gasteiger partial charge in [-0.05, 0) is 42.3 Å². The molecule has 0 unspecified atom stereocenters. The fourth-order valence-corrected chi connectivity index (χ4v) is 4.11. The Labute approximate surface area is 181 Å². The minimum Gasteiger partial charge on any atom is -0.490 e. The highest BCUT2D eigenvalue weighted by Gasteiger charge is 2.24. The lowest BCUT2D eigenvalue weighted by atomic mass is 10.2. The number of benzene rings is 2. The van der Waals surface area contributed by atoms with E-state index in [-0.39, 0.29) is 12.5 Å². The molecule has 2 aromatic rings. The number of carbonyl (C=O) groups is 2. The maximum absolute atomic E-state index is 12.7. The van der Waals surface area contributed by atoms with Crippen LogP contribution in [-0.4, -0.2) is 36.9 Å². The summed E-state index contributed by atoms with van der Waals surface area (Å²) in [5, 5.41) is 0.419. The number of fused-ring (bicyclic) bond motifs is 1. The quantitative estimate of drug-likeness (QED) is 0.366. The number of carbonyl (C=O) groups excluding carboxylic acids is 2. The molecule has 1 aliphatic heterocycles. The molecule has 0 bridgehead atoms. The molecule has 3 rings (SSSR count). The largest absolute Gasteiger partial charge is 0.490 e. The number of hydrogen-bond donors (Lipinski definition) is 0. The Hall–Kier alpha value is -2.99. The highest BCUT2D eigenvalue weighted by Crippen LogP contribution is 2.37. The molecular weight excluding hydrogens is 398 g/mol. The van der Waals surface area contributed by atoms with Crippen LogP contribution >= 0.6 is 11.8 Å².